The number of nitrogens with zero attached hydrogens (tertiary/aromatic N) is 1. The smallest absolute Gasteiger partial charge is 0.326 e. The number of thioether (sulfide) groups is 1. The number of rotatable bonds is 16. The molecule has 0 bridgehead atoms. The van der Waals surface area contributed by atoms with Gasteiger partial charge in [0, 0.05) is 30.5 Å². The number of aliphatic carboxylic acids is 2. The summed E-state index contributed by atoms with van der Waals surface area (Å²) in [7, 11) is 0. The number of nitrogens with two attached hydrogens (primary N) is 1. The lowest BCUT2D eigenvalue weighted by atomic mass is 10.1. The molecule has 190 valence electrons. The Kier molecular flexibility index (Phi) is 13.1. The molecule has 34 heavy (non-hydrogen) atoms. The lowest BCUT2D eigenvalue weighted by Gasteiger charge is -2.24. The number of imidazole rings is 1. The van der Waals surface area contributed by atoms with Gasteiger partial charge in [-0.25, -0.2) is 9.78 Å². The van der Waals surface area contributed by atoms with Crippen LogP contribution >= 0.6 is 24.4 Å². The normalized spacial score (nSPS) is 14.3. The number of nitrogens with one attached hydrogen (secondary N) is 4. The van der Waals surface area contributed by atoms with Crippen molar-refractivity contribution < 1.29 is 34.2 Å². The fourth-order valence-corrected chi connectivity index (χ4v) is 3.50. The fraction of sp³-hybridized carbons (Fsp3) is 0.579. The Labute approximate surface area is 205 Å². The quantitative estimate of drug-likeness (QED) is 0.117. The number of amides is 3. The summed E-state index contributed by atoms with van der Waals surface area (Å²) >= 11 is 5.50. The molecular formula is C19H30N6O7S2. The van der Waals surface area contributed by atoms with Crippen molar-refractivity contribution >= 4 is 54.1 Å². The van der Waals surface area contributed by atoms with Crippen molar-refractivity contribution in [2.24, 2.45) is 5.73 Å². The number of carboxylic acids is 2. The van der Waals surface area contributed by atoms with Crippen molar-refractivity contribution in [3.8, 4) is 0 Å². The Morgan fingerprint density at radius 1 is 1.06 bits per heavy atom. The Balaban J connectivity index is 2.79. The number of hydrogen-bond donors (Lipinski definition) is 8. The van der Waals surface area contributed by atoms with E-state index in [1.807, 2.05) is 0 Å². The molecule has 0 radical (unpaired) electrons. The van der Waals surface area contributed by atoms with E-state index in [0.717, 1.165) is 0 Å². The van der Waals surface area contributed by atoms with E-state index in [2.05, 4.69) is 38.5 Å². The molecule has 0 saturated carbocycles. The molecule has 15 heteroatoms. The molecule has 0 spiro atoms. The Morgan fingerprint density at radius 3 is 2.21 bits per heavy atom. The van der Waals surface area contributed by atoms with Crippen molar-refractivity contribution in [1.82, 2.24) is 25.9 Å². The minimum atomic E-state index is -1.43. The molecular weight excluding hydrogens is 488 g/mol. The van der Waals surface area contributed by atoms with Gasteiger partial charge >= 0.3 is 11.9 Å². The zero-order valence-corrected chi connectivity index (χ0v) is 20.2. The number of aromatic nitrogens is 2. The molecule has 1 aromatic heterocycles. The lowest BCUT2D eigenvalue weighted by Crippen LogP contribution is -2.58. The average Bonchev–Trinajstić information content (AvgIpc) is 3.29. The van der Waals surface area contributed by atoms with Crippen LogP contribution in [0.3, 0.4) is 0 Å². The van der Waals surface area contributed by atoms with E-state index in [1.54, 1.807) is 6.26 Å². The highest BCUT2D eigenvalue weighted by atomic mass is 32.2. The highest BCUT2D eigenvalue weighted by Gasteiger charge is 2.30. The van der Waals surface area contributed by atoms with E-state index < -0.39 is 60.2 Å². The van der Waals surface area contributed by atoms with Crippen molar-refractivity contribution in [3.05, 3.63) is 18.2 Å². The van der Waals surface area contributed by atoms with Crippen LogP contribution < -0.4 is 21.7 Å². The van der Waals surface area contributed by atoms with Gasteiger partial charge in [0.15, 0.2) is 0 Å². The molecule has 0 aliphatic carbocycles. The zero-order chi connectivity index (χ0) is 25.7. The van der Waals surface area contributed by atoms with Crippen LogP contribution in [-0.2, 0) is 30.4 Å². The highest BCUT2D eigenvalue weighted by Crippen LogP contribution is 2.05. The van der Waals surface area contributed by atoms with Crippen LogP contribution in [0.1, 0.15) is 25.0 Å². The minimum Gasteiger partial charge on any atom is -0.481 e. The second kappa shape index (κ2) is 15.2. The summed E-state index contributed by atoms with van der Waals surface area (Å²) in [4.78, 5) is 66.6. The molecule has 4 atom stereocenters. The van der Waals surface area contributed by atoms with Gasteiger partial charge in [0.05, 0.1) is 12.4 Å². The highest BCUT2D eigenvalue weighted by molar-refractivity contribution is 7.98. The SMILES string of the molecule is CSCCC(NC(=O)C(CS)NC(=O)C(N)Cc1cnc[nH]1)C(=O)NC(CCC(=O)O)C(=O)O. The van der Waals surface area contributed by atoms with Crippen LogP contribution in [0.25, 0.3) is 0 Å². The molecule has 13 nitrogen and oxygen atoms in total. The monoisotopic (exact) mass is 518 g/mol. The number of aromatic amines is 1. The third kappa shape index (κ3) is 10.4. The second-order valence-electron chi connectivity index (χ2n) is 7.31. The standard InChI is InChI=1S/C19H30N6O7S2/c1-34-5-4-12(17(29)24-13(19(31)32)2-3-15(26)27)23-18(30)14(8-33)25-16(28)11(20)6-10-7-21-9-22-10/h7,9,11-14,33H,2-6,8,20H2,1H3,(H,21,22)(H,23,30)(H,24,29)(H,25,28)(H,26,27)(H,31,32). The summed E-state index contributed by atoms with van der Waals surface area (Å²) in [5.74, 6) is -4.29. The predicted octanol–water partition coefficient (Wildman–Crippen LogP) is -1.63. The summed E-state index contributed by atoms with van der Waals surface area (Å²) in [6, 6.07) is -4.60. The van der Waals surface area contributed by atoms with Gasteiger partial charge in [0.2, 0.25) is 17.7 Å². The first-order valence-electron chi connectivity index (χ1n) is 10.3. The molecule has 4 unspecified atom stereocenters. The van der Waals surface area contributed by atoms with Gasteiger partial charge in [-0.1, -0.05) is 0 Å². The van der Waals surface area contributed by atoms with Gasteiger partial charge in [-0.15, -0.1) is 0 Å². The summed E-state index contributed by atoms with van der Waals surface area (Å²) in [6.45, 7) is 0. The van der Waals surface area contributed by atoms with E-state index in [9.17, 15) is 29.1 Å². The fourth-order valence-electron chi connectivity index (χ4n) is 2.77. The van der Waals surface area contributed by atoms with Gasteiger partial charge in [0.25, 0.3) is 0 Å². The number of thiol groups is 1. The van der Waals surface area contributed by atoms with Crippen LogP contribution in [0.4, 0.5) is 0 Å². The number of carboxylic acid groups (broad SMARTS) is 2. The maximum absolute atomic E-state index is 12.7. The van der Waals surface area contributed by atoms with Crippen molar-refractivity contribution in [3.63, 3.8) is 0 Å². The third-order valence-electron chi connectivity index (χ3n) is 4.65. The van der Waals surface area contributed by atoms with Crippen LogP contribution in [0.15, 0.2) is 12.5 Å². The molecule has 3 amide bonds. The minimum absolute atomic E-state index is 0.0818. The van der Waals surface area contributed by atoms with Crippen molar-refractivity contribution in [2.75, 3.05) is 17.8 Å². The Bertz CT molecular complexity index is 839. The topological polar surface area (TPSA) is 217 Å². The van der Waals surface area contributed by atoms with Gasteiger partial charge in [-0.3, -0.25) is 19.2 Å². The number of carbonyl (C=O) groups excluding carboxylic acids is 3. The van der Waals surface area contributed by atoms with Gasteiger partial charge in [-0.2, -0.15) is 24.4 Å². The maximum atomic E-state index is 12.7. The van der Waals surface area contributed by atoms with Crippen LogP contribution in [-0.4, -0.2) is 91.8 Å². The predicted molar refractivity (Wildman–Crippen MR) is 127 cm³/mol. The van der Waals surface area contributed by atoms with Gasteiger partial charge < -0.3 is 36.9 Å². The number of hydrogen-bond acceptors (Lipinski definition) is 9. The molecule has 0 aromatic carbocycles. The summed E-state index contributed by atoms with van der Waals surface area (Å²) < 4.78 is 0. The molecule has 8 N–H and O–H groups in total. The van der Waals surface area contributed by atoms with E-state index in [0.29, 0.717) is 11.4 Å². The first-order chi connectivity index (χ1) is 16.1. The molecule has 1 rings (SSSR count). The van der Waals surface area contributed by atoms with E-state index in [-0.39, 0.29) is 25.0 Å². The molecule has 0 aliphatic heterocycles. The van der Waals surface area contributed by atoms with Crippen molar-refractivity contribution in [1.29, 1.82) is 0 Å². The second-order valence-corrected chi connectivity index (χ2v) is 8.66. The lowest BCUT2D eigenvalue weighted by molar-refractivity contribution is -0.143. The van der Waals surface area contributed by atoms with Crippen LogP contribution in [0, 0.1) is 0 Å². The first kappa shape index (κ1) is 29.3. The molecule has 1 aromatic rings. The maximum Gasteiger partial charge on any atom is 0.326 e. The molecule has 0 aliphatic rings. The van der Waals surface area contributed by atoms with Crippen molar-refractivity contribution in [2.45, 2.75) is 49.9 Å². The Morgan fingerprint density at radius 2 is 1.68 bits per heavy atom. The van der Waals surface area contributed by atoms with E-state index >= 15 is 0 Å². The van der Waals surface area contributed by atoms with Crippen LogP contribution in [0.2, 0.25) is 0 Å². The average molecular weight is 519 g/mol. The number of H-pyrrole nitrogens is 1. The summed E-state index contributed by atoms with van der Waals surface area (Å²) in [5, 5.41) is 25.3. The molecule has 1 heterocycles. The molecule has 0 saturated heterocycles. The largest absolute Gasteiger partial charge is 0.481 e. The van der Waals surface area contributed by atoms with E-state index in [1.165, 1.54) is 24.3 Å². The number of carbonyl (C=O) groups is 5. The third-order valence-corrected chi connectivity index (χ3v) is 5.66. The van der Waals surface area contributed by atoms with Gasteiger partial charge in [0.1, 0.15) is 18.1 Å². The Hall–Kier alpha value is -2.78. The summed E-state index contributed by atoms with van der Waals surface area (Å²) in [6.07, 6.45) is 4.33. The zero-order valence-electron chi connectivity index (χ0n) is 18.5. The van der Waals surface area contributed by atoms with Crippen LogP contribution in [0.5, 0.6) is 0 Å². The van der Waals surface area contributed by atoms with E-state index in [4.69, 9.17) is 10.8 Å². The summed E-state index contributed by atoms with van der Waals surface area (Å²) in [5.41, 5.74) is 6.52. The molecule has 0 fully saturated rings. The first-order valence-corrected chi connectivity index (χ1v) is 12.3. The van der Waals surface area contributed by atoms with Gasteiger partial charge in [-0.05, 0) is 24.9 Å².